The first kappa shape index (κ1) is 21.7. The number of aliphatic hydroxyl groups is 1. The molecule has 1 aliphatic rings. The van der Waals surface area contributed by atoms with Gasteiger partial charge in [-0.1, -0.05) is 18.2 Å². The van der Waals surface area contributed by atoms with E-state index in [9.17, 15) is 29.2 Å². The van der Waals surface area contributed by atoms with Gasteiger partial charge in [-0.05, 0) is 42.5 Å². The van der Waals surface area contributed by atoms with Crippen LogP contribution in [-0.4, -0.2) is 28.8 Å². The van der Waals surface area contributed by atoms with Crippen LogP contribution in [0.15, 0.2) is 78.4 Å². The minimum Gasteiger partial charge on any atom is -0.507 e. The summed E-state index contributed by atoms with van der Waals surface area (Å²) in [6.45, 7) is 0. The number of nitro benzene ring substituents is 1. The van der Waals surface area contributed by atoms with Gasteiger partial charge in [-0.2, -0.15) is 0 Å². The van der Waals surface area contributed by atoms with Gasteiger partial charge in [0, 0.05) is 28.9 Å². The van der Waals surface area contributed by atoms with Gasteiger partial charge in [0.05, 0.1) is 23.6 Å². The summed E-state index contributed by atoms with van der Waals surface area (Å²) in [5.41, 5.74) is -0.148. The number of nitrogens with zero attached hydrogens (tertiary/aromatic N) is 2. The Morgan fingerprint density at radius 1 is 1.03 bits per heavy atom. The van der Waals surface area contributed by atoms with Gasteiger partial charge in [0.1, 0.15) is 17.3 Å². The second-order valence-corrected chi connectivity index (χ2v) is 7.19. The van der Waals surface area contributed by atoms with Crippen LogP contribution in [0.5, 0.6) is 5.75 Å². The summed E-state index contributed by atoms with van der Waals surface area (Å²) in [4.78, 5) is 37.5. The quantitative estimate of drug-likeness (QED) is 0.204. The Morgan fingerprint density at radius 3 is 2.24 bits per heavy atom. The highest BCUT2D eigenvalue weighted by molar-refractivity contribution is 6.51. The monoisotopic (exact) mass is 448 g/mol. The molecule has 0 aliphatic carbocycles. The lowest BCUT2D eigenvalue weighted by Gasteiger charge is -2.25. The second kappa shape index (κ2) is 8.54. The maximum Gasteiger partial charge on any atom is 0.300 e. The third-order valence-electron chi connectivity index (χ3n) is 5.35. The van der Waals surface area contributed by atoms with Gasteiger partial charge in [0.2, 0.25) is 0 Å². The number of halogens is 1. The van der Waals surface area contributed by atoms with E-state index in [1.165, 1.54) is 37.4 Å². The average Bonchev–Trinajstić information content (AvgIpc) is 3.09. The van der Waals surface area contributed by atoms with Crippen molar-refractivity contribution in [3.8, 4) is 5.75 Å². The second-order valence-electron chi connectivity index (χ2n) is 7.19. The molecular formula is C24H17FN2O6. The van der Waals surface area contributed by atoms with Crippen molar-refractivity contribution >= 4 is 28.8 Å². The molecule has 1 amide bonds. The Hall–Kier alpha value is -4.53. The summed E-state index contributed by atoms with van der Waals surface area (Å²) >= 11 is 0. The zero-order valence-corrected chi connectivity index (χ0v) is 17.3. The van der Waals surface area contributed by atoms with E-state index in [2.05, 4.69) is 0 Å². The van der Waals surface area contributed by atoms with Crippen LogP contribution in [-0.2, 0) is 9.59 Å². The number of nitro groups is 1. The highest BCUT2D eigenvalue weighted by Crippen LogP contribution is 2.43. The van der Waals surface area contributed by atoms with E-state index >= 15 is 0 Å². The molecule has 0 radical (unpaired) electrons. The summed E-state index contributed by atoms with van der Waals surface area (Å²) in [7, 11) is 1.48. The van der Waals surface area contributed by atoms with Crippen LogP contribution in [0.25, 0.3) is 5.76 Å². The first-order valence-electron chi connectivity index (χ1n) is 9.77. The number of methoxy groups -OCH3 is 1. The maximum absolute atomic E-state index is 14.8. The predicted molar refractivity (Wildman–Crippen MR) is 117 cm³/mol. The number of aliphatic hydroxyl groups excluding tert-OH is 1. The van der Waals surface area contributed by atoms with Crippen molar-refractivity contribution in [3.63, 3.8) is 0 Å². The molecule has 0 saturated carbocycles. The van der Waals surface area contributed by atoms with E-state index in [1.807, 2.05) is 0 Å². The topological polar surface area (TPSA) is 110 Å². The largest absolute Gasteiger partial charge is 0.507 e. The van der Waals surface area contributed by atoms with Gasteiger partial charge >= 0.3 is 0 Å². The molecule has 1 N–H and O–H groups in total. The number of anilines is 1. The van der Waals surface area contributed by atoms with Crippen molar-refractivity contribution in [1.82, 2.24) is 0 Å². The molecule has 4 rings (SSSR count). The van der Waals surface area contributed by atoms with Crippen molar-refractivity contribution in [2.24, 2.45) is 0 Å². The number of ketones is 1. The van der Waals surface area contributed by atoms with Crippen molar-refractivity contribution < 1.29 is 28.7 Å². The summed E-state index contributed by atoms with van der Waals surface area (Å²) in [5.74, 6) is -2.67. The SMILES string of the molecule is COc1ccc(N2C(=O)C(=O)C(=C(O)c3ccc([N+](=O)[O-])cc3)C2c2ccccc2F)cc1. The van der Waals surface area contributed by atoms with Gasteiger partial charge in [-0.25, -0.2) is 4.39 Å². The third-order valence-corrected chi connectivity index (χ3v) is 5.35. The third kappa shape index (κ3) is 3.80. The van der Waals surface area contributed by atoms with E-state index in [0.717, 1.165) is 17.0 Å². The molecule has 9 heteroatoms. The number of carbonyl (C=O) groups excluding carboxylic acids is 2. The first-order chi connectivity index (χ1) is 15.8. The molecule has 3 aromatic rings. The molecule has 0 spiro atoms. The van der Waals surface area contributed by atoms with Crippen LogP contribution in [0.2, 0.25) is 0 Å². The maximum atomic E-state index is 14.8. The highest BCUT2D eigenvalue weighted by atomic mass is 19.1. The average molecular weight is 448 g/mol. The molecule has 0 bridgehead atoms. The van der Waals surface area contributed by atoms with Crippen LogP contribution in [0.4, 0.5) is 15.8 Å². The van der Waals surface area contributed by atoms with E-state index in [0.29, 0.717) is 11.4 Å². The number of ether oxygens (including phenoxy) is 1. The molecule has 3 aromatic carbocycles. The smallest absolute Gasteiger partial charge is 0.300 e. The van der Waals surface area contributed by atoms with Crippen LogP contribution < -0.4 is 9.64 Å². The lowest BCUT2D eigenvalue weighted by Crippen LogP contribution is -2.29. The minimum atomic E-state index is -1.25. The standard InChI is InChI=1S/C24H17FN2O6/c1-33-17-12-10-15(11-13-17)26-21(18-4-2-3-5-19(18)25)20(23(29)24(26)30)22(28)14-6-8-16(9-7-14)27(31)32/h2-13,21,28H,1H3. The molecule has 33 heavy (non-hydrogen) atoms. The molecule has 8 nitrogen and oxygen atoms in total. The summed E-state index contributed by atoms with van der Waals surface area (Å²) < 4.78 is 20.0. The lowest BCUT2D eigenvalue weighted by molar-refractivity contribution is -0.384. The lowest BCUT2D eigenvalue weighted by atomic mass is 9.94. The predicted octanol–water partition coefficient (Wildman–Crippen LogP) is 4.37. The number of hydrogen-bond acceptors (Lipinski definition) is 6. The number of carbonyl (C=O) groups is 2. The van der Waals surface area contributed by atoms with Gasteiger partial charge in [-0.15, -0.1) is 0 Å². The van der Waals surface area contributed by atoms with Crippen molar-refractivity contribution in [3.05, 3.63) is 105 Å². The molecule has 0 aromatic heterocycles. The number of hydrogen-bond donors (Lipinski definition) is 1. The fourth-order valence-corrected chi connectivity index (χ4v) is 3.73. The van der Waals surface area contributed by atoms with Crippen LogP contribution in [0.1, 0.15) is 17.2 Å². The molecular weight excluding hydrogens is 431 g/mol. The summed E-state index contributed by atoms with van der Waals surface area (Å²) in [6.07, 6.45) is 0. The van der Waals surface area contributed by atoms with E-state index in [1.54, 1.807) is 30.3 Å². The van der Waals surface area contributed by atoms with Crippen LogP contribution >= 0.6 is 0 Å². The Labute approximate surface area is 187 Å². The number of amides is 1. The van der Waals surface area contributed by atoms with Crippen molar-refractivity contribution in [1.29, 1.82) is 0 Å². The number of benzene rings is 3. The molecule has 166 valence electrons. The van der Waals surface area contributed by atoms with Gasteiger partial charge in [0.25, 0.3) is 17.4 Å². The number of Topliss-reactive ketones (excluding diaryl/α,β-unsaturated/α-hetero) is 1. The molecule has 1 unspecified atom stereocenters. The van der Waals surface area contributed by atoms with E-state index < -0.39 is 34.2 Å². The Bertz CT molecular complexity index is 1290. The molecule has 1 heterocycles. The summed E-state index contributed by atoms with van der Waals surface area (Å²) in [5, 5.41) is 21.9. The van der Waals surface area contributed by atoms with Crippen LogP contribution in [0.3, 0.4) is 0 Å². The minimum absolute atomic E-state index is 0.0102. The molecule has 1 aliphatic heterocycles. The Balaban J connectivity index is 1.91. The zero-order chi connectivity index (χ0) is 23.7. The molecule has 1 atom stereocenters. The normalized spacial score (nSPS) is 17.3. The highest BCUT2D eigenvalue weighted by Gasteiger charge is 2.47. The first-order valence-corrected chi connectivity index (χ1v) is 9.77. The van der Waals surface area contributed by atoms with Crippen LogP contribution in [0, 0.1) is 15.9 Å². The molecule has 1 fully saturated rings. The fraction of sp³-hybridized carbons (Fsp3) is 0.0833. The fourth-order valence-electron chi connectivity index (χ4n) is 3.73. The van der Waals surface area contributed by atoms with E-state index in [4.69, 9.17) is 4.74 Å². The van der Waals surface area contributed by atoms with Gasteiger partial charge < -0.3 is 9.84 Å². The zero-order valence-electron chi connectivity index (χ0n) is 17.3. The summed E-state index contributed by atoms with van der Waals surface area (Å²) in [6, 6.07) is 15.5. The molecule has 1 saturated heterocycles. The Morgan fingerprint density at radius 2 is 1.67 bits per heavy atom. The van der Waals surface area contributed by atoms with E-state index in [-0.39, 0.29) is 22.4 Å². The van der Waals surface area contributed by atoms with Crippen molar-refractivity contribution in [2.75, 3.05) is 12.0 Å². The van der Waals surface area contributed by atoms with Crippen molar-refractivity contribution in [2.45, 2.75) is 6.04 Å². The van der Waals surface area contributed by atoms with Gasteiger partial charge in [0.15, 0.2) is 0 Å². The Kier molecular flexibility index (Phi) is 5.61. The number of non-ortho nitro benzene ring substituents is 1. The van der Waals surface area contributed by atoms with Gasteiger partial charge in [-0.3, -0.25) is 24.6 Å². The number of rotatable bonds is 5.